The first kappa shape index (κ1) is 13.7. The Morgan fingerprint density at radius 1 is 1.19 bits per heavy atom. The lowest BCUT2D eigenvalue weighted by Gasteiger charge is -2.35. The molecule has 0 spiro atoms. The van der Waals surface area contributed by atoms with Crippen LogP contribution in [-0.2, 0) is 6.42 Å². The number of ether oxygens (including phenoxy) is 1. The van der Waals surface area contributed by atoms with Gasteiger partial charge in [0.15, 0.2) is 0 Å². The van der Waals surface area contributed by atoms with Crippen molar-refractivity contribution in [2.24, 2.45) is 0 Å². The van der Waals surface area contributed by atoms with E-state index in [0.717, 1.165) is 29.8 Å². The second-order valence-corrected chi connectivity index (χ2v) is 5.42. The summed E-state index contributed by atoms with van der Waals surface area (Å²) in [5, 5.41) is 0. The molecule has 21 heavy (non-hydrogen) atoms. The quantitative estimate of drug-likeness (QED) is 0.840. The molecule has 3 nitrogen and oxygen atoms in total. The number of anilines is 1. The lowest BCUT2D eigenvalue weighted by Crippen LogP contribution is -2.42. The van der Waals surface area contributed by atoms with Crippen LogP contribution in [0.15, 0.2) is 48.5 Å². The SMILES string of the molecule is COc1ccc2c(c1)CCC(C)N2C(=O)c1ccccc1. The molecule has 3 rings (SSSR count). The molecule has 108 valence electrons. The second-order valence-electron chi connectivity index (χ2n) is 5.42. The Balaban J connectivity index is 2.01. The largest absolute Gasteiger partial charge is 0.497 e. The Hall–Kier alpha value is -2.29. The minimum absolute atomic E-state index is 0.0641. The van der Waals surface area contributed by atoms with Gasteiger partial charge in [-0.15, -0.1) is 0 Å². The number of hydrogen-bond donors (Lipinski definition) is 0. The highest BCUT2D eigenvalue weighted by Gasteiger charge is 2.29. The zero-order valence-corrected chi connectivity index (χ0v) is 12.4. The Bertz CT molecular complexity index is 652. The fourth-order valence-corrected chi connectivity index (χ4v) is 2.88. The first-order chi connectivity index (χ1) is 10.2. The summed E-state index contributed by atoms with van der Waals surface area (Å²) in [6.45, 7) is 2.11. The Morgan fingerprint density at radius 2 is 1.95 bits per heavy atom. The fraction of sp³-hybridized carbons (Fsp3) is 0.278. The van der Waals surface area contributed by atoms with Crippen LogP contribution in [-0.4, -0.2) is 19.1 Å². The molecule has 0 saturated heterocycles. The molecule has 1 amide bonds. The topological polar surface area (TPSA) is 29.5 Å². The van der Waals surface area contributed by atoms with Crippen molar-refractivity contribution in [1.29, 1.82) is 0 Å². The van der Waals surface area contributed by atoms with Crippen molar-refractivity contribution in [2.45, 2.75) is 25.8 Å². The number of carbonyl (C=O) groups is 1. The number of methoxy groups -OCH3 is 1. The van der Waals surface area contributed by atoms with Gasteiger partial charge in [-0.25, -0.2) is 0 Å². The summed E-state index contributed by atoms with van der Waals surface area (Å²) in [6.07, 6.45) is 1.95. The highest BCUT2D eigenvalue weighted by molar-refractivity contribution is 6.07. The molecule has 0 N–H and O–H groups in total. The number of amides is 1. The third kappa shape index (κ3) is 2.51. The third-order valence-corrected chi connectivity index (χ3v) is 4.06. The maximum Gasteiger partial charge on any atom is 0.258 e. The van der Waals surface area contributed by atoms with Gasteiger partial charge in [0.05, 0.1) is 7.11 Å². The third-order valence-electron chi connectivity index (χ3n) is 4.06. The molecule has 0 aromatic heterocycles. The number of hydrogen-bond acceptors (Lipinski definition) is 2. The molecule has 0 aliphatic carbocycles. The first-order valence-electron chi connectivity index (χ1n) is 7.26. The van der Waals surface area contributed by atoms with Gasteiger partial charge < -0.3 is 9.64 Å². The fourth-order valence-electron chi connectivity index (χ4n) is 2.88. The maximum atomic E-state index is 12.8. The Labute approximate surface area is 125 Å². The smallest absolute Gasteiger partial charge is 0.258 e. The number of nitrogens with zero attached hydrogens (tertiary/aromatic N) is 1. The molecule has 0 radical (unpaired) electrons. The number of rotatable bonds is 2. The standard InChI is InChI=1S/C18H19NO2/c1-13-8-9-15-12-16(21-2)10-11-17(15)19(13)18(20)14-6-4-3-5-7-14/h3-7,10-13H,8-9H2,1-2H3. The first-order valence-corrected chi connectivity index (χ1v) is 7.26. The number of carbonyl (C=O) groups excluding carboxylic acids is 1. The molecule has 0 fully saturated rings. The average molecular weight is 281 g/mol. The van der Waals surface area contributed by atoms with Crippen LogP contribution in [0.2, 0.25) is 0 Å². The number of benzene rings is 2. The molecule has 1 heterocycles. The van der Waals surface area contributed by atoms with Crippen LogP contribution < -0.4 is 9.64 Å². The van der Waals surface area contributed by atoms with Gasteiger partial charge >= 0.3 is 0 Å². The molecule has 2 aromatic rings. The van der Waals surface area contributed by atoms with Crippen molar-refractivity contribution in [3.8, 4) is 5.75 Å². The van der Waals surface area contributed by atoms with E-state index in [1.165, 1.54) is 5.56 Å². The molecule has 2 aromatic carbocycles. The summed E-state index contributed by atoms with van der Waals surface area (Å²) < 4.78 is 5.28. The number of aryl methyl sites for hydroxylation is 1. The van der Waals surface area contributed by atoms with Crippen LogP contribution in [0.25, 0.3) is 0 Å². The van der Waals surface area contributed by atoms with Gasteiger partial charge in [0.25, 0.3) is 5.91 Å². The van der Waals surface area contributed by atoms with Gasteiger partial charge in [-0.2, -0.15) is 0 Å². The van der Waals surface area contributed by atoms with Crippen LogP contribution in [0.4, 0.5) is 5.69 Å². The lowest BCUT2D eigenvalue weighted by molar-refractivity contribution is 0.0975. The lowest BCUT2D eigenvalue weighted by atomic mass is 9.95. The van der Waals surface area contributed by atoms with E-state index >= 15 is 0 Å². The minimum Gasteiger partial charge on any atom is -0.497 e. The van der Waals surface area contributed by atoms with Crippen molar-refractivity contribution in [3.63, 3.8) is 0 Å². The van der Waals surface area contributed by atoms with Gasteiger partial charge in [-0.3, -0.25) is 4.79 Å². The van der Waals surface area contributed by atoms with Crippen LogP contribution >= 0.6 is 0 Å². The molecule has 1 atom stereocenters. The average Bonchev–Trinajstić information content (AvgIpc) is 2.54. The van der Waals surface area contributed by atoms with Crippen molar-refractivity contribution in [2.75, 3.05) is 12.0 Å². The predicted molar refractivity (Wildman–Crippen MR) is 84.0 cm³/mol. The summed E-state index contributed by atoms with van der Waals surface area (Å²) in [7, 11) is 1.67. The minimum atomic E-state index is 0.0641. The van der Waals surface area contributed by atoms with E-state index in [1.807, 2.05) is 53.4 Å². The van der Waals surface area contributed by atoms with E-state index in [0.29, 0.717) is 0 Å². The van der Waals surface area contributed by atoms with E-state index < -0.39 is 0 Å². The van der Waals surface area contributed by atoms with Crippen molar-refractivity contribution < 1.29 is 9.53 Å². The van der Waals surface area contributed by atoms with Gasteiger partial charge in [-0.1, -0.05) is 18.2 Å². The molecule has 1 aliphatic heterocycles. The van der Waals surface area contributed by atoms with Gasteiger partial charge in [0.2, 0.25) is 0 Å². The summed E-state index contributed by atoms with van der Waals surface area (Å²) >= 11 is 0. The molecule has 0 saturated carbocycles. The van der Waals surface area contributed by atoms with Crippen LogP contribution in [0.5, 0.6) is 5.75 Å². The zero-order valence-electron chi connectivity index (χ0n) is 12.4. The van der Waals surface area contributed by atoms with Crippen molar-refractivity contribution >= 4 is 11.6 Å². The monoisotopic (exact) mass is 281 g/mol. The van der Waals surface area contributed by atoms with E-state index in [-0.39, 0.29) is 11.9 Å². The summed E-state index contributed by atoms with van der Waals surface area (Å²) in [5.74, 6) is 0.907. The molecular formula is C18H19NO2. The summed E-state index contributed by atoms with van der Waals surface area (Å²) in [6, 6.07) is 15.6. The van der Waals surface area contributed by atoms with Gasteiger partial charge in [0.1, 0.15) is 5.75 Å². The van der Waals surface area contributed by atoms with E-state index in [2.05, 4.69) is 6.92 Å². The van der Waals surface area contributed by atoms with E-state index in [4.69, 9.17) is 4.74 Å². The predicted octanol–water partition coefficient (Wildman–Crippen LogP) is 3.68. The van der Waals surface area contributed by atoms with Crippen LogP contribution in [0.1, 0.15) is 29.3 Å². The normalized spacial score (nSPS) is 17.2. The molecule has 1 aliphatic rings. The Kier molecular flexibility index (Phi) is 3.65. The van der Waals surface area contributed by atoms with Crippen LogP contribution in [0, 0.1) is 0 Å². The highest BCUT2D eigenvalue weighted by atomic mass is 16.5. The molecule has 1 unspecified atom stereocenters. The van der Waals surface area contributed by atoms with Crippen LogP contribution in [0.3, 0.4) is 0 Å². The zero-order chi connectivity index (χ0) is 14.8. The van der Waals surface area contributed by atoms with Crippen molar-refractivity contribution in [1.82, 2.24) is 0 Å². The molecule has 0 bridgehead atoms. The summed E-state index contributed by atoms with van der Waals surface area (Å²) in [4.78, 5) is 14.7. The second kappa shape index (κ2) is 5.60. The van der Waals surface area contributed by atoms with Crippen molar-refractivity contribution in [3.05, 3.63) is 59.7 Å². The summed E-state index contributed by atoms with van der Waals surface area (Å²) in [5.41, 5.74) is 2.91. The number of fused-ring (bicyclic) bond motifs is 1. The van der Waals surface area contributed by atoms with Gasteiger partial charge in [0, 0.05) is 17.3 Å². The maximum absolute atomic E-state index is 12.8. The Morgan fingerprint density at radius 3 is 2.67 bits per heavy atom. The van der Waals surface area contributed by atoms with E-state index in [9.17, 15) is 4.79 Å². The van der Waals surface area contributed by atoms with Gasteiger partial charge in [-0.05, 0) is 55.7 Å². The highest BCUT2D eigenvalue weighted by Crippen LogP contribution is 2.34. The molecular weight excluding hydrogens is 262 g/mol. The molecule has 3 heteroatoms. The van der Waals surface area contributed by atoms with E-state index in [1.54, 1.807) is 7.11 Å².